The van der Waals surface area contributed by atoms with Gasteiger partial charge in [0.2, 0.25) is 0 Å². The fraction of sp³-hybridized carbons (Fsp3) is 0.136. The van der Waals surface area contributed by atoms with Crippen LogP contribution in [-0.4, -0.2) is 29.1 Å². The topological polar surface area (TPSA) is 61.2 Å². The molecule has 0 aliphatic carbocycles. The standard InChI is InChI=1S/C22H19ClN2O3S/c1-28-22(27)19-14-20(16-7-11-18(29-2)12-8-16)24-25(21(19)26)13-3-4-15-5-9-17(23)10-6-15/h3-12,14H,13H2,1-2H3/b4-3+. The van der Waals surface area contributed by atoms with Crippen molar-refractivity contribution in [1.82, 2.24) is 9.78 Å². The molecule has 148 valence electrons. The molecule has 3 aromatic rings. The average Bonchev–Trinajstić information content (AvgIpc) is 2.75. The van der Waals surface area contributed by atoms with Crippen molar-refractivity contribution in [3.8, 4) is 11.3 Å². The number of allylic oxidation sites excluding steroid dienone is 1. The summed E-state index contributed by atoms with van der Waals surface area (Å²) in [6.45, 7) is 0.211. The number of esters is 1. The van der Waals surface area contributed by atoms with Crippen LogP contribution in [0.1, 0.15) is 15.9 Å². The van der Waals surface area contributed by atoms with Gasteiger partial charge < -0.3 is 4.74 Å². The molecule has 0 aliphatic rings. The fourth-order valence-corrected chi connectivity index (χ4v) is 3.22. The zero-order valence-corrected chi connectivity index (χ0v) is 17.5. The fourth-order valence-electron chi connectivity index (χ4n) is 2.69. The smallest absolute Gasteiger partial charge is 0.343 e. The van der Waals surface area contributed by atoms with E-state index in [4.69, 9.17) is 16.3 Å². The molecule has 0 saturated carbocycles. The van der Waals surface area contributed by atoms with E-state index in [9.17, 15) is 9.59 Å². The van der Waals surface area contributed by atoms with Gasteiger partial charge in [0.05, 0.1) is 19.3 Å². The molecule has 29 heavy (non-hydrogen) atoms. The molecule has 0 saturated heterocycles. The highest BCUT2D eigenvalue weighted by molar-refractivity contribution is 7.98. The van der Waals surface area contributed by atoms with Gasteiger partial charge in [-0.2, -0.15) is 5.10 Å². The molecular formula is C22H19ClN2O3S. The number of nitrogens with zero attached hydrogens (tertiary/aromatic N) is 2. The lowest BCUT2D eigenvalue weighted by atomic mass is 10.1. The third kappa shape index (κ3) is 5.16. The Bertz CT molecular complexity index is 1090. The quantitative estimate of drug-likeness (QED) is 0.419. The predicted octanol–water partition coefficient (Wildman–Crippen LogP) is 4.79. The number of rotatable bonds is 6. The van der Waals surface area contributed by atoms with E-state index in [1.54, 1.807) is 30.0 Å². The van der Waals surface area contributed by atoms with Gasteiger partial charge in [0.1, 0.15) is 5.56 Å². The average molecular weight is 427 g/mol. The lowest BCUT2D eigenvalue weighted by molar-refractivity contribution is 0.0597. The van der Waals surface area contributed by atoms with Crippen LogP contribution in [0.3, 0.4) is 0 Å². The van der Waals surface area contributed by atoms with Crippen LogP contribution in [0.2, 0.25) is 5.02 Å². The van der Waals surface area contributed by atoms with E-state index in [1.165, 1.54) is 17.9 Å². The van der Waals surface area contributed by atoms with Gasteiger partial charge in [-0.05, 0) is 42.2 Å². The van der Waals surface area contributed by atoms with Crippen molar-refractivity contribution in [2.45, 2.75) is 11.4 Å². The minimum Gasteiger partial charge on any atom is -0.465 e. The summed E-state index contributed by atoms with van der Waals surface area (Å²) in [5.74, 6) is -0.685. The van der Waals surface area contributed by atoms with Gasteiger partial charge in [-0.1, -0.05) is 48.0 Å². The number of aromatic nitrogens is 2. The molecule has 3 rings (SSSR count). The van der Waals surface area contributed by atoms with Crippen LogP contribution >= 0.6 is 23.4 Å². The summed E-state index contributed by atoms with van der Waals surface area (Å²) >= 11 is 7.53. The molecule has 5 nitrogen and oxygen atoms in total. The van der Waals surface area contributed by atoms with Gasteiger partial charge in [0.15, 0.2) is 0 Å². The first-order valence-electron chi connectivity index (χ1n) is 8.79. The normalized spacial score (nSPS) is 11.0. The van der Waals surface area contributed by atoms with E-state index in [2.05, 4.69) is 5.10 Å². The van der Waals surface area contributed by atoms with Crippen LogP contribution in [0, 0.1) is 0 Å². The second-order valence-corrected chi connectivity index (χ2v) is 7.42. The largest absolute Gasteiger partial charge is 0.465 e. The molecule has 0 amide bonds. The molecule has 0 aliphatic heterocycles. The Morgan fingerprint density at radius 3 is 2.48 bits per heavy atom. The van der Waals surface area contributed by atoms with Crippen LogP contribution in [0.4, 0.5) is 0 Å². The van der Waals surface area contributed by atoms with Crippen LogP contribution in [0.25, 0.3) is 17.3 Å². The molecule has 0 spiro atoms. The minimum atomic E-state index is -0.685. The minimum absolute atomic E-state index is 0.0497. The Labute approximate surface area is 178 Å². The second-order valence-electron chi connectivity index (χ2n) is 6.10. The first-order chi connectivity index (χ1) is 14.0. The van der Waals surface area contributed by atoms with E-state index >= 15 is 0 Å². The molecule has 0 radical (unpaired) electrons. The monoisotopic (exact) mass is 426 g/mol. The van der Waals surface area contributed by atoms with Crippen molar-refractivity contribution in [3.63, 3.8) is 0 Å². The van der Waals surface area contributed by atoms with Crippen molar-refractivity contribution in [2.24, 2.45) is 0 Å². The van der Waals surface area contributed by atoms with Gasteiger partial charge in [-0.15, -0.1) is 11.8 Å². The number of benzene rings is 2. The van der Waals surface area contributed by atoms with E-state index in [0.717, 1.165) is 16.0 Å². The Kier molecular flexibility index (Phi) is 6.90. The van der Waals surface area contributed by atoms with Crippen molar-refractivity contribution < 1.29 is 9.53 Å². The summed E-state index contributed by atoms with van der Waals surface area (Å²) in [6.07, 6.45) is 5.66. The van der Waals surface area contributed by atoms with Gasteiger partial charge in [-0.3, -0.25) is 4.79 Å². The van der Waals surface area contributed by atoms with E-state index in [0.29, 0.717) is 10.7 Å². The molecule has 1 heterocycles. The molecule has 0 unspecified atom stereocenters. The molecule has 1 aromatic heterocycles. The SMILES string of the molecule is COC(=O)c1cc(-c2ccc(SC)cc2)nn(C/C=C/c2ccc(Cl)cc2)c1=O. The van der Waals surface area contributed by atoms with Crippen LogP contribution in [0.5, 0.6) is 0 Å². The summed E-state index contributed by atoms with van der Waals surface area (Å²) in [6, 6.07) is 16.6. The molecular weight excluding hydrogens is 408 g/mol. The molecule has 2 aromatic carbocycles. The number of carbonyl (C=O) groups excluding carboxylic acids is 1. The third-order valence-electron chi connectivity index (χ3n) is 4.22. The highest BCUT2D eigenvalue weighted by Crippen LogP contribution is 2.21. The second kappa shape index (κ2) is 9.58. The maximum absolute atomic E-state index is 12.7. The summed E-state index contributed by atoms with van der Waals surface area (Å²) in [7, 11) is 1.25. The maximum atomic E-state index is 12.7. The third-order valence-corrected chi connectivity index (χ3v) is 5.22. The highest BCUT2D eigenvalue weighted by atomic mass is 35.5. The molecule has 0 atom stereocenters. The lowest BCUT2D eigenvalue weighted by Gasteiger charge is -2.09. The Morgan fingerprint density at radius 2 is 1.86 bits per heavy atom. The molecule has 0 fully saturated rings. The van der Waals surface area contributed by atoms with Crippen LogP contribution < -0.4 is 5.56 Å². The van der Waals surface area contributed by atoms with Crippen molar-refractivity contribution in [3.05, 3.63) is 87.2 Å². The first-order valence-corrected chi connectivity index (χ1v) is 10.4. The van der Waals surface area contributed by atoms with Crippen LogP contribution in [-0.2, 0) is 11.3 Å². The Morgan fingerprint density at radius 1 is 1.17 bits per heavy atom. The zero-order valence-electron chi connectivity index (χ0n) is 16.0. The first kappa shape index (κ1) is 20.9. The van der Waals surface area contributed by atoms with E-state index in [1.807, 2.05) is 48.7 Å². The predicted molar refractivity (Wildman–Crippen MR) is 118 cm³/mol. The molecule has 0 bridgehead atoms. The number of hydrogen-bond acceptors (Lipinski definition) is 5. The zero-order chi connectivity index (χ0) is 20.8. The van der Waals surface area contributed by atoms with Gasteiger partial charge >= 0.3 is 5.97 Å². The number of halogens is 1. The highest BCUT2D eigenvalue weighted by Gasteiger charge is 2.16. The number of methoxy groups -OCH3 is 1. The summed E-state index contributed by atoms with van der Waals surface area (Å²) in [5.41, 5.74) is 1.73. The summed E-state index contributed by atoms with van der Waals surface area (Å²) in [5, 5.41) is 5.09. The van der Waals surface area contributed by atoms with Gasteiger partial charge in [-0.25, -0.2) is 9.48 Å². The molecule has 7 heteroatoms. The van der Waals surface area contributed by atoms with Crippen LogP contribution in [0.15, 0.2) is 70.4 Å². The van der Waals surface area contributed by atoms with Crippen molar-refractivity contribution in [1.29, 1.82) is 0 Å². The number of ether oxygens (including phenoxy) is 1. The Balaban J connectivity index is 1.96. The summed E-state index contributed by atoms with van der Waals surface area (Å²) in [4.78, 5) is 25.9. The number of hydrogen-bond donors (Lipinski definition) is 0. The Hall–Kier alpha value is -2.83. The summed E-state index contributed by atoms with van der Waals surface area (Å²) < 4.78 is 6.03. The molecule has 0 N–H and O–H groups in total. The van der Waals surface area contributed by atoms with Crippen molar-refractivity contribution in [2.75, 3.05) is 13.4 Å². The van der Waals surface area contributed by atoms with Gasteiger partial charge in [0.25, 0.3) is 5.56 Å². The van der Waals surface area contributed by atoms with E-state index in [-0.39, 0.29) is 12.1 Å². The van der Waals surface area contributed by atoms with E-state index < -0.39 is 11.5 Å². The number of thioether (sulfide) groups is 1. The maximum Gasteiger partial charge on any atom is 0.343 e. The van der Waals surface area contributed by atoms with Gasteiger partial charge in [0, 0.05) is 15.5 Å². The number of carbonyl (C=O) groups is 1. The lowest BCUT2D eigenvalue weighted by Crippen LogP contribution is -2.29. The van der Waals surface area contributed by atoms with Crippen molar-refractivity contribution >= 4 is 35.4 Å².